The Labute approximate surface area is 120 Å². The van der Waals surface area contributed by atoms with E-state index in [4.69, 9.17) is 4.74 Å². The van der Waals surface area contributed by atoms with Crippen LogP contribution in [0, 0.1) is 6.92 Å². The molecule has 0 aliphatic rings. The van der Waals surface area contributed by atoms with Gasteiger partial charge in [-0.1, -0.05) is 25.1 Å². The molecule has 0 saturated heterocycles. The van der Waals surface area contributed by atoms with E-state index in [9.17, 15) is 0 Å². The van der Waals surface area contributed by atoms with Crippen LogP contribution in [0.3, 0.4) is 0 Å². The van der Waals surface area contributed by atoms with E-state index in [1.165, 1.54) is 0 Å². The van der Waals surface area contributed by atoms with Gasteiger partial charge in [0.2, 0.25) is 0 Å². The highest BCUT2D eigenvalue weighted by Crippen LogP contribution is 2.15. The van der Waals surface area contributed by atoms with E-state index >= 15 is 0 Å². The predicted molar refractivity (Wildman–Crippen MR) is 79.6 cm³/mol. The number of para-hydroxylation sites is 1. The molecule has 0 saturated carbocycles. The maximum Gasteiger partial charge on any atom is 0.166 e. The summed E-state index contributed by atoms with van der Waals surface area (Å²) >= 11 is 0. The second-order valence-corrected chi connectivity index (χ2v) is 4.71. The van der Waals surface area contributed by atoms with Crippen LogP contribution >= 0.6 is 0 Å². The first-order valence-electron chi connectivity index (χ1n) is 6.94. The Morgan fingerprint density at radius 1 is 1.25 bits per heavy atom. The number of hydrogen-bond donors (Lipinski definition) is 1. The highest BCUT2D eigenvalue weighted by atomic mass is 16.5. The average Bonchev–Trinajstić information content (AvgIpc) is 2.46. The van der Waals surface area contributed by atoms with Crippen molar-refractivity contribution in [3.05, 3.63) is 53.6 Å². The summed E-state index contributed by atoms with van der Waals surface area (Å²) in [5.74, 6) is 1.54. The predicted octanol–water partition coefficient (Wildman–Crippen LogP) is 3.03. The minimum absolute atomic E-state index is 0.268. The molecule has 1 unspecified atom stereocenters. The maximum atomic E-state index is 5.65. The molecule has 2 aromatic rings. The van der Waals surface area contributed by atoms with Crippen LogP contribution in [0.4, 0.5) is 0 Å². The van der Waals surface area contributed by atoms with Crippen molar-refractivity contribution in [2.45, 2.75) is 33.4 Å². The molecule has 1 aromatic heterocycles. The summed E-state index contributed by atoms with van der Waals surface area (Å²) in [4.78, 5) is 8.90. The molecule has 0 bridgehead atoms. The van der Waals surface area contributed by atoms with Gasteiger partial charge >= 0.3 is 0 Å². The minimum atomic E-state index is 0.268. The summed E-state index contributed by atoms with van der Waals surface area (Å²) in [6.45, 7) is 7.54. The molecule has 0 amide bonds. The lowest BCUT2D eigenvalue weighted by Gasteiger charge is -2.15. The molecule has 0 radical (unpaired) electrons. The molecule has 4 heteroatoms. The van der Waals surface area contributed by atoms with Crippen LogP contribution in [0.15, 0.2) is 36.5 Å². The van der Waals surface area contributed by atoms with Crippen LogP contribution in [0.25, 0.3) is 0 Å². The van der Waals surface area contributed by atoms with Gasteiger partial charge in [-0.25, -0.2) is 9.97 Å². The zero-order valence-corrected chi connectivity index (χ0v) is 12.3. The number of ether oxygens (including phenoxy) is 1. The molecule has 1 N–H and O–H groups in total. The Kier molecular flexibility index (Phi) is 5.07. The van der Waals surface area contributed by atoms with Gasteiger partial charge in [0, 0.05) is 23.5 Å². The molecule has 106 valence electrons. The fraction of sp³-hybridized carbons (Fsp3) is 0.375. The number of nitrogens with one attached hydrogen (secondary N) is 1. The molecule has 1 heterocycles. The van der Waals surface area contributed by atoms with Crippen molar-refractivity contribution in [2.24, 2.45) is 0 Å². The second-order valence-electron chi connectivity index (χ2n) is 4.71. The zero-order valence-electron chi connectivity index (χ0n) is 12.3. The van der Waals surface area contributed by atoms with Crippen molar-refractivity contribution in [1.29, 1.82) is 0 Å². The lowest BCUT2D eigenvalue weighted by atomic mass is 10.1. The number of aromatic nitrogens is 2. The first-order chi connectivity index (χ1) is 9.70. The Hall–Kier alpha value is -1.94. The van der Waals surface area contributed by atoms with Gasteiger partial charge in [0.1, 0.15) is 12.4 Å². The monoisotopic (exact) mass is 271 g/mol. The van der Waals surface area contributed by atoms with Crippen LogP contribution in [0.1, 0.15) is 37.0 Å². The van der Waals surface area contributed by atoms with Crippen LogP contribution < -0.4 is 10.1 Å². The molecular weight excluding hydrogens is 250 g/mol. The molecule has 1 atom stereocenters. The van der Waals surface area contributed by atoms with E-state index in [0.29, 0.717) is 12.4 Å². The molecule has 20 heavy (non-hydrogen) atoms. The van der Waals surface area contributed by atoms with Crippen molar-refractivity contribution in [3.8, 4) is 5.75 Å². The van der Waals surface area contributed by atoms with Crippen molar-refractivity contribution >= 4 is 0 Å². The molecular formula is C16H21N3O. The topological polar surface area (TPSA) is 47.0 Å². The van der Waals surface area contributed by atoms with Gasteiger partial charge in [0.25, 0.3) is 0 Å². The average molecular weight is 271 g/mol. The Morgan fingerprint density at radius 2 is 2.00 bits per heavy atom. The van der Waals surface area contributed by atoms with Crippen LogP contribution in [-0.4, -0.2) is 16.5 Å². The quantitative estimate of drug-likeness (QED) is 0.877. The lowest BCUT2D eigenvalue weighted by Crippen LogP contribution is -2.19. The normalized spacial score (nSPS) is 12.2. The Morgan fingerprint density at radius 3 is 2.65 bits per heavy atom. The molecule has 1 aromatic carbocycles. The van der Waals surface area contributed by atoms with E-state index < -0.39 is 0 Å². The third-order valence-corrected chi connectivity index (χ3v) is 3.16. The standard InChI is InChI=1S/C16H21N3O/c1-4-17-12(2)15-10-18-16(19-13(15)3)11-20-14-8-6-5-7-9-14/h5-10,12,17H,4,11H2,1-3H3. The van der Waals surface area contributed by atoms with Crippen molar-refractivity contribution in [3.63, 3.8) is 0 Å². The van der Waals surface area contributed by atoms with E-state index in [-0.39, 0.29) is 6.04 Å². The third-order valence-electron chi connectivity index (χ3n) is 3.16. The van der Waals surface area contributed by atoms with E-state index in [2.05, 4.69) is 29.1 Å². The van der Waals surface area contributed by atoms with Crippen LogP contribution in [-0.2, 0) is 6.61 Å². The smallest absolute Gasteiger partial charge is 0.166 e. The minimum Gasteiger partial charge on any atom is -0.486 e. The first kappa shape index (κ1) is 14.5. The number of aryl methyl sites for hydroxylation is 1. The van der Waals surface area contributed by atoms with Gasteiger partial charge < -0.3 is 10.1 Å². The largest absolute Gasteiger partial charge is 0.486 e. The van der Waals surface area contributed by atoms with Gasteiger partial charge in [0.05, 0.1) is 0 Å². The van der Waals surface area contributed by atoms with E-state index in [0.717, 1.165) is 23.6 Å². The summed E-state index contributed by atoms with van der Waals surface area (Å²) in [5.41, 5.74) is 2.13. The molecule has 0 aliphatic carbocycles. The summed E-state index contributed by atoms with van der Waals surface area (Å²) in [6.07, 6.45) is 1.89. The molecule has 4 nitrogen and oxygen atoms in total. The second kappa shape index (κ2) is 7.01. The summed E-state index contributed by atoms with van der Waals surface area (Å²) in [5, 5.41) is 3.37. The van der Waals surface area contributed by atoms with Crippen molar-refractivity contribution in [2.75, 3.05) is 6.54 Å². The Balaban J connectivity index is 2.02. The van der Waals surface area contributed by atoms with Crippen LogP contribution in [0.2, 0.25) is 0 Å². The molecule has 0 fully saturated rings. The van der Waals surface area contributed by atoms with Gasteiger partial charge in [-0.3, -0.25) is 0 Å². The van der Waals surface area contributed by atoms with E-state index in [1.807, 2.05) is 43.5 Å². The third kappa shape index (κ3) is 3.78. The van der Waals surface area contributed by atoms with E-state index in [1.54, 1.807) is 0 Å². The fourth-order valence-electron chi connectivity index (χ4n) is 2.10. The van der Waals surface area contributed by atoms with Gasteiger partial charge in [-0.05, 0) is 32.5 Å². The summed E-state index contributed by atoms with van der Waals surface area (Å²) in [6, 6.07) is 9.97. The van der Waals surface area contributed by atoms with Gasteiger partial charge in [0.15, 0.2) is 5.82 Å². The fourth-order valence-corrected chi connectivity index (χ4v) is 2.10. The molecule has 2 rings (SSSR count). The first-order valence-corrected chi connectivity index (χ1v) is 6.94. The zero-order chi connectivity index (χ0) is 14.4. The molecule has 0 spiro atoms. The highest BCUT2D eigenvalue weighted by Gasteiger charge is 2.10. The summed E-state index contributed by atoms with van der Waals surface area (Å²) in [7, 11) is 0. The van der Waals surface area contributed by atoms with Crippen molar-refractivity contribution < 1.29 is 4.74 Å². The van der Waals surface area contributed by atoms with Crippen molar-refractivity contribution in [1.82, 2.24) is 15.3 Å². The molecule has 0 aliphatic heterocycles. The SMILES string of the molecule is CCNC(C)c1cnc(COc2ccccc2)nc1C. The summed E-state index contributed by atoms with van der Waals surface area (Å²) < 4.78 is 5.65. The lowest BCUT2D eigenvalue weighted by molar-refractivity contribution is 0.295. The number of benzene rings is 1. The number of rotatable bonds is 6. The number of hydrogen-bond acceptors (Lipinski definition) is 4. The van der Waals surface area contributed by atoms with Gasteiger partial charge in [-0.2, -0.15) is 0 Å². The number of nitrogens with zero attached hydrogens (tertiary/aromatic N) is 2. The highest BCUT2D eigenvalue weighted by molar-refractivity contribution is 5.22. The maximum absolute atomic E-state index is 5.65. The Bertz CT molecular complexity index is 543. The van der Waals surface area contributed by atoms with Crippen LogP contribution in [0.5, 0.6) is 5.75 Å². The van der Waals surface area contributed by atoms with Gasteiger partial charge in [-0.15, -0.1) is 0 Å².